The number of carbonyl (C=O) groups is 1. The van der Waals surface area contributed by atoms with Gasteiger partial charge in [0.25, 0.3) is 0 Å². The number of amides is 1. The van der Waals surface area contributed by atoms with Crippen molar-refractivity contribution in [1.29, 1.82) is 0 Å². The highest BCUT2D eigenvalue weighted by atomic mass is 16.3. The smallest absolute Gasteiger partial charge is 0.230 e. The first-order valence-corrected chi connectivity index (χ1v) is 6.47. The van der Waals surface area contributed by atoms with Crippen molar-refractivity contribution in [2.45, 2.75) is 32.2 Å². The molecule has 98 valence electrons. The monoisotopic (exact) mass is 248 g/mol. The number of phenolic OH excluding ortho intramolecular Hbond substituents is 1. The first-order chi connectivity index (χ1) is 8.61. The Morgan fingerprint density at radius 2 is 2.28 bits per heavy atom. The number of carbonyl (C=O) groups excluding carboxylic acids is 1. The minimum absolute atomic E-state index is 0.0299. The van der Waals surface area contributed by atoms with E-state index in [0.29, 0.717) is 6.54 Å². The molecule has 18 heavy (non-hydrogen) atoms. The van der Waals surface area contributed by atoms with Gasteiger partial charge in [0.1, 0.15) is 5.75 Å². The second-order valence-electron chi connectivity index (χ2n) is 4.87. The Morgan fingerprint density at radius 3 is 2.83 bits per heavy atom. The summed E-state index contributed by atoms with van der Waals surface area (Å²) >= 11 is 0. The zero-order chi connectivity index (χ0) is 13.1. The molecular weight excluding hydrogens is 228 g/mol. The van der Waals surface area contributed by atoms with Crippen molar-refractivity contribution in [3.05, 3.63) is 24.3 Å². The highest BCUT2D eigenvalue weighted by Crippen LogP contribution is 2.29. The number of nitrogens with zero attached hydrogens (tertiary/aromatic N) is 1. The standard InChI is InChI=1S/C14H20N2O2/c1-2-16(12-4-3-5-13(17)9-12)14(18)10-6-7-11(15)8-10/h3-5,9-11,17H,2,6-8,15H2,1H3. The molecule has 1 amide bonds. The summed E-state index contributed by atoms with van der Waals surface area (Å²) in [4.78, 5) is 14.1. The molecule has 2 rings (SSSR count). The van der Waals surface area contributed by atoms with Crippen LogP contribution in [0.15, 0.2) is 24.3 Å². The van der Waals surface area contributed by atoms with Crippen LogP contribution in [0.3, 0.4) is 0 Å². The Hall–Kier alpha value is -1.55. The van der Waals surface area contributed by atoms with E-state index in [-0.39, 0.29) is 23.6 Å². The number of hydrogen-bond acceptors (Lipinski definition) is 3. The fraction of sp³-hybridized carbons (Fsp3) is 0.500. The first kappa shape index (κ1) is 12.9. The van der Waals surface area contributed by atoms with E-state index in [0.717, 1.165) is 24.9 Å². The maximum atomic E-state index is 12.4. The second kappa shape index (κ2) is 5.40. The van der Waals surface area contributed by atoms with Crippen LogP contribution in [-0.2, 0) is 4.79 Å². The van der Waals surface area contributed by atoms with E-state index < -0.39 is 0 Å². The lowest BCUT2D eigenvalue weighted by atomic mass is 10.1. The van der Waals surface area contributed by atoms with Gasteiger partial charge >= 0.3 is 0 Å². The van der Waals surface area contributed by atoms with Crippen LogP contribution in [0.25, 0.3) is 0 Å². The van der Waals surface area contributed by atoms with E-state index in [1.807, 2.05) is 13.0 Å². The highest BCUT2D eigenvalue weighted by molar-refractivity contribution is 5.95. The number of anilines is 1. The summed E-state index contributed by atoms with van der Waals surface area (Å²) in [5.74, 6) is 0.334. The summed E-state index contributed by atoms with van der Waals surface area (Å²) in [6.07, 6.45) is 2.57. The lowest BCUT2D eigenvalue weighted by Gasteiger charge is -2.24. The number of phenols is 1. The molecule has 1 aromatic carbocycles. The van der Waals surface area contributed by atoms with E-state index in [1.54, 1.807) is 23.1 Å². The Kier molecular flexibility index (Phi) is 3.87. The fourth-order valence-corrected chi connectivity index (χ4v) is 2.59. The summed E-state index contributed by atoms with van der Waals surface area (Å²) in [5.41, 5.74) is 6.61. The fourth-order valence-electron chi connectivity index (χ4n) is 2.59. The van der Waals surface area contributed by atoms with E-state index in [1.165, 1.54) is 0 Å². The number of hydrogen-bond donors (Lipinski definition) is 2. The van der Waals surface area contributed by atoms with Crippen molar-refractivity contribution in [2.24, 2.45) is 11.7 Å². The lowest BCUT2D eigenvalue weighted by molar-refractivity contribution is -0.122. The van der Waals surface area contributed by atoms with Crippen molar-refractivity contribution in [3.8, 4) is 5.75 Å². The molecule has 3 N–H and O–H groups in total. The molecule has 0 aromatic heterocycles. The Morgan fingerprint density at radius 1 is 1.50 bits per heavy atom. The van der Waals surface area contributed by atoms with Gasteiger partial charge in [0, 0.05) is 30.3 Å². The third-order valence-corrected chi connectivity index (χ3v) is 3.55. The van der Waals surface area contributed by atoms with Gasteiger partial charge in [-0.3, -0.25) is 4.79 Å². The predicted octanol–water partition coefficient (Wildman–Crippen LogP) is 1.87. The van der Waals surface area contributed by atoms with Crippen LogP contribution >= 0.6 is 0 Å². The zero-order valence-electron chi connectivity index (χ0n) is 10.7. The van der Waals surface area contributed by atoms with Gasteiger partial charge in [-0.25, -0.2) is 0 Å². The molecule has 1 aliphatic carbocycles. The molecule has 2 atom stereocenters. The highest BCUT2D eigenvalue weighted by Gasteiger charge is 2.31. The van der Waals surface area contributed by atoms with Gasteiger partial charge < -0.3 is 15.7 Å². The predicted molar refractivity (Wildman–Crippen MR) is 71.5 cm³/mol. The summed E-state index contributed by atoms with van der Waals surface area (Å²) in [6.45, 7) is 2.55. The quantitative estimate of drug-likeness (QED) is 0.858. The number of aromatic hydroxyl groups is 1. The third kappa shape index (κ3) is 2.64. The van der Waals surface area contributed by atoms with Crippen LogP contribution in [0.2, 0.25) is 0 Å². The Bertz CT molecular complexity index is 434. The van der Waals surface area contributed by atoms with Gasteiger partial charge in [-0.15, -0.1) is 0 Å². The van der Waals surface area contributed by atoms with Crippen LogP contribution < -0.4 is 10.6 Å². The molecule has 4 nitrogen and oxygen atoms in total. The largest absolute Gasteiger partial charge is 0.508 e. The molecule has 1 aromatic rings. The molecular formula is C14H20N2O2. The van der Waals surface area contributed by atoms with Gasteiger partial charge in [0.05, 0.1) is 0 Å². The topological polar surface area (TPSA) is 66.6 Å². The molecule has 4 heteroatoms. The van der Waals surface area contributed by atoms with Crippen molar-refractivity contribution in [3.63, 3.8) is 0 Å². The van der Waals surface area contributed by atoms with Crippen LogP contribution in [0.5, 0.6) is 5.75 Å². The van der Waals surface area contributed by atoms with Gasteiger partial charge in [-0.05, 0) is 38.3 Å². The first-order valence-electron chi connectivity index (χ1n) is 6.47. The van der Waals surface area contributed by atoms with Crippen molar-refractivity contribution in [1.82, 2.24) is 0 Å². The molecule has 2 unspecified atom stereocenters. The molecule has 0 radical (unpaired) electrons. The third-order valence-electron chi connectivity index (χ3n) is 3.55. The number of rotatable bonds is 3. The molecule has 1 saturated carbocycles. The molecule has 1 fully saturated rings. The van der Waals surface area contributed by atoms with E-state index in [2.05, 4.69) is 0 Å². The number of benzene rings is 1. The van der Waals surface area contributed by atoms with Crippen molar-refractivity contribution >= 4 is 11.6 Å². The van der Waals surface area contributed by atoms with Crippen LogP contribution in [0.4, 0.5) is 5.69 Å². The van der Waals surface area contributed by atoms with Crippen LogP contribution in [0, 0.1) is 5.92 Å². The number of nitrogens with two attached hydrogens (primary N) is 1. The van der Waals surface area contributed by atoms with Crippen molar-refractivity contribution < 1.29 is 9.90 Å². The van der Waals surface area contributed by atoms with Gasteiger partial charge in [0.2, 0.25) is 5.91 Å². The van der Waals surface area contributed by atoms with Crippen LogP contribution in [0.1, 0.15) is 26.2 Å². The SMILES string of the molecule is CCN(C(=O)C1CCC(N)C1)c1cccc(O)c1. The van der Waals surface area contributed by atoms with E-state index >= 15 is 0 Å². The van der Waals surface area contributed by atoms with Gasteiger partial charge in [0.15, 0.2) is 0 Å². The molecule has 0 bridgehead atoms. The van der Waals surface area contributed by atoms with Gasteiger partial charge in [-0.1, -0.05) is 6.07 Å². The lowest BCUT2D eigenvalue weighted by Crippen LogP contribution is -2.35. The molecule has 0 spiro atoms. The Labute approximate surface area is 107 Å². The zero-order valence-corrected chi connectivity index (χ0v) is 10.7. The van der Waals surface area contributed by atoms with E-state index in [9.17, 15) is 9.90 Å². The minimum atomic E-state index is 0.0299. The minimum Gasteiger partial charge on any atom is -0.508 e. The molecule has 0 aliphatic heterocycles. The summed E-state index contributed by atoms with van der Waals surface area (Å²) in [6, 6.07) is 6.97. The Balaban J connectivity index is 2.15. The maximum Gasteiger partial charge on any atom is 0.230 e. The second-order valence-corrected chi connectivity index (χ2v) is 4.87. The summed E-state index contributed by atoms with van der Waals surface area (Å²) < 4.78 is 0. The summed E-state index contributed by atoms with van der Waals surface area (Å²) in [7, 11) is 0. The normalized spacial score (nSPS) is 23.0. The average molecular weight is 248 g/mol. The average Bonchev–Trinajstić information content (AvgIpc) is 2.77. The molecule has 0 saturated heterocycles. The molecule has 1 aliphatic rings. The summed E-state index contributed by atoms with van der Waals surface area (Å²) in [5, 5.41) is 9.49. The van der Waals surface area contributed by atoms with Crippen LogP contribution in [-0.4, -0.2) is 23.6 Å². The maximum absolute atomic E-state index is 12.4. The van der Waals surface area contributed by atoms with Crippen molar-refractivity contribution in [2.75, 3.05) is 11.4 Å². The van der Waals surface area contributed by atoms with E-state index in [4.69, 9.17) is 5.73 Å². The molecule has 0 heterocycles. The van der Waals surface area contributed by atoms with Gasteiger partial charge in [-0.2, -0.15) is 0 Å².